The second kappa shape index (κ2) is 4.78. The number of rotatable bonds is 3. The monoisotopic (exact) mass is 308 g/mol. The summed E-state index contributed by atoms with van der Waals surface area (Å²) in [6, 6.07) is 6.60. The van der Waals surface area contributed by atoms with E-state index in [-0.39, 0.29) is 10.9 Å². The van der Waals surface area contributed by atoms with Crippen molar-refractivity contribution in [3.63, 3.8) is 0 Å². The molecule has 0 aromatic carbocycles. The zero-order valence-corrected chi connectivity index (χ0v) is 11.6. The number of nitrogens with zero attached hydrogens (tertiary/aromatic N) is 3. The normalized spacial score (nSPS) is 11.7. The van der Waals surface area contributed by atoms with Crippen LogP contribution in [0.5, 0.6) is 0 Å². The van der Waals surface area contributed by atoms with E-state index in [0.717, 1.165) is 4.88 Å². The van der Waals surface area contributed by atoms with E-state index in [9.17, 15) is 8.42 Å². The van der Waals surface area contributed by atoms with Gasteiger partial charge in [-0.05, 0) is 23.6 Å². The molecular weight excluding hydrogens is 300 g/mol. The summed E-state index contributed by atoms with van der Waals surface area (Å²) < 4.78 is 27.6. The van der Waals surface area contributed by atoms with Crippen LogP contribution in [0.3, 0.4) is 0 Å². The van der Waals surface area contributed by atoms with Crippen molar-refractivity contribution in [3.8, 4) is 22.2 Å². The van der Waals surface area contributed by atoms with Crippen LogP contribution in [0, 0.1) is 0 Å². The van der Waals surface area contributed by atoms with Gasteiger partial charge >= 0.3 is 0 Å². The highest BCUT2D eigenvalue weighted by Crippen LogP contribution is 2.25. The van der Waals surface area contributed by atoms with E-state index < -0.39 is 10.0 Å². The fourth-order valence-electron chi connectivity index (χ4n) is 1.54. The van der Waals surface area contributed by atoms with Gasteiger partial charge in [0.25, 0.3) is 15.9 Å². The molecule has 0 fully saturated rings. The molecule has 0 bridgehead atoms. The molecule has 2 N–H and O–H groups in total. The van der Waals surface area contributed by atoms with Crippen molar-refractivity contribution >= 4 is 21.4 Å². The Kier molecular flexibility index (Phi) is 3.08. The Morgan fingerprint density at radius 3 is 2.85 bits per heavy atom. The van der Waals surface area contributed by atoms with Crippen LogP contribution in [-0.2, 0) is 10.0 Å². The molecule has 3 heterocycles. The van der Waals surface area contributed by atoms with Crippen molar-refractivity contribution in [2.75, 3.05) is 0 Å². The molecule has 0 radical (unpaired) electrons. The molecule has 102 valence electrons. The van der Waals surface area contributed by atoms with Crippen molar-refractivity contribution in [2.45, 2.75) is 5.03 Å². The van der Waals surface area contributed by atoms with E-state index in [1.807, 2.05) is 17.5 Å². The van der Waals surface area contributed by atoms with Gasteiger partial charge in [-0.2, -0.15) is 4.98 Å². The van der Waals surface area contributed by atoms with Crippen molar-refractivity contribution in [1.82, 2.24) is 15.1 Å². The van der Waals surface area contributed by atoms with Gasteiger partial charge < -0.3 is 4.52 Å². The summed E-state index contributed by atoms with van der Waals surface area (Å²) in [5.74, 6) is 0.657. The molecule has 0 unspecified atom stereocenters. The van der Waals surface area contributed by atoms with Gasteiger partial charge in [-0.15, -0.1) is 11.3 Å². The summed E-state index contributed by atoms with van der Waals surface area (Å²) in [6.07, 6.45) is 1.32. The highest BCUT2D eigenvalue weighted by molar-refractivity contribution is 7.89. The number of hydrogen-bond donors (Lipinski definition) is 1. The van der Waals surface area contributed by atoms with Gasteiger partial charge in [0.1, 0.15) is 0 Å². The minimum Gasteiger partial charge on any atom is -0.334 e. The molecule has 0 atom stereocenters. The SMILES string of the molecule is NS(=O)(=O)c1cc(-c2nc(-c3cccs3)no2)ccn1. The molecule has 0 aliphatic heterocycles. The maximum absolute atomic E-state index is 11.3. The number of aromatic nitrogens is 3. The maximum Gasteiger partial charge on any atom is 0.258 e. The Morgan fingerprint density at radius 1 is 1.30 bits per heavy atom. The Bertz CT molecular complexity index is 840. The van der Waals surface area contributed by atoms with Crippen LogP contribution in [0.4, 0.5) is 0 Å². The molecule has 7 nitrogen and oxygen atoms in total. The second-order valence-electron chi connectivity index (χ2n) is 3.83. The molecule has 20 heavy (non-hydrogen) atoms. The molecular formula is C11H8N4O3S2. The molecule has 0 saturated heterocycles. The van der Waals surface area contributed by atoms with Crippen LogP contribution in [0.2, 0.25) is 0 Å². The average Bonchev–Trinajstić information content (AvgIpc) is 3.09. The van der Waals surface area contributed by atoms with E-state index in [2.05, 4.69) is 15.1 Å². The lowest BCUT2D eigenvalue weighted by atomic mass is 10.3. The minimum atomic E-state index is -3.87. The molecule has 0 amide bonds. The van der Waals surface area contributed by atoms with E-state index in [1.54, 1.807) is 6.07 Å². The number of pyridine rings is 1. The van der Waals surface area contributed by atoms with Gasteiger partial charge in [0.05, 0.1) is 4.88 Å². The predicted molar refractivity (Wildman–Crippen MR) is 72.2 cm³/mol. The lowest BCUT2D eigenvalue weighted by Crippen LogP contribution is -2.13. The van der Waals surface area contributed by atoms with E-state index in [4.69, 9.17) is 9.66 Å². The lowest BCUT2D eigenvalue weighted by Gasteiger charge is -1.98. The molecule has 0 saturated carbocycles. The van der Waals surface area contributed by atoms with Crippen LogP contribution in [0.1, 0.15) is 0 Å². The van der Waals surface area contributed by atoms with Crippen LogP contribution >= 0.6 is 11.3 Å². The first kappa shape index (κ1) is 12.9. The molecule has 9 heteroatoms. The maximum atomic E-state index is 11.3. The van der Waals surface area contributed by atoms with E-state index in [1.165, 1.54) is 23.6 Å². The summed E-state index contributed by atoms with van der Waals surface area (Å²) in [6.45, 7) is 0. The molecule has 0 aliphatic carbocycles. The van der Waals surface area contributed by atoms with Gasteiger partial charge in [-0.25, -0.2) is 18.5 Å². The summed E-state index contributed by atoms with van der Waals surface area (Å²) in [5, 5.41) is 10.5. The number of primary sulfonamides is 1. The molecule has 3 aromatic heterocycles. The highest BCUT2D eigenvalue weighted by Gasteiger charge is 2.15. The first-order chi connectivity index (χ1) is 9.54. The van der Waals surface area contributed by atoms with Crippen molar-refractivity contribution in [2.24, 2.45) is 5.14 Å². The molecule has 3 rings (SSSR count). The van der Waals surface area contributed by atoms with Crippen LogP contribution in [-0.4, -0.2) is 23.5 Å². The summed E-state index contributed by atoms with van der Waals surface area (Å²) >= 11 is 1.48. The summed E-state index contributed by atoms with van der Waals surface area (Å²) in [4.78, 5) is 8.77. The third kappa shape index (κ3) is 2.46. The molecule has 0 spiro atoms. The van der Waals surface area contributed by atoms with Gasteiger partial charge in [0, 0.05) is 11.8 Å². The number of thiophene rings is 1. The summed E-state index contributed by atoms with van der Waals surface area (Å²) in [7, 11) is -3.87. The first-order valence-corrected chi connectivity index (χ1v) is 7.83. The quantitative estimate of drug-likeness (QED) is 0.784. The van der Waals surface area contributed by atoms with E-state index >= 15 is 0 Å². The van der Waals surface area contributed by atoms with Gasteiger partial charge in [0.2, 0.25) is 5.82 Å². The number of sulfonamides is 1. The first-order valence-electron chi connectivity index (χ1n) is 5.41. The topological polar surface area (TPSA) is 112 Å². The smallest absolute Gasteiger partial charge is 0.258 e. The second-order valence-corrected chi connectivity index (χ2v) is 6.28. The Balaban J connectivity index is 2.02. The van der Waals surface area contributed by atoms with Gasteiger partial charge in [-0.1, -0.05) is 11.2 Å². The largest absolute Gasteiger partial charge is 0.334 e. The van der Waals surface area contributed by atoms with Crippen LogP contribution in [0.15, 0.2) is 45.4 Å². The van der Waals surface area contributed by atoms with E-state index in [0.29, 0.717) is 11.4 Å². The fraction of sp³-hybridized carbons (Fsp3) is 0. The minimum absolute atomic E-state index is 0.209. The number of nitrogens with two attached hydrogens (primary N) is 1. The van der Waals surface area contributed by atoms with Crippen LogP contribution < -0.4 is 5.14 Å². The Hall–Kier alpha value is -2.10. The third-order valence-corrected chi connectivity index (χ3v) is 4.11. The Labute approximate surface area is 118 Å². The molecule has 0 aliphatic rings. The van der Waals surface area contributed by atoms with Gasteiger partial charge in [-0.3, -0.25) is 0 Å². The van der Waals surface area contributed by atoms with Crippen molar-refractivity contribution in [1.29, 1.82) is 0 Å². The van der Waals surface area contributed by atoms with Crippen LogP contribution in [0.25, 0.3) is 22.2 Å². The Morgan fingerprint density at radius 2 is 2.15 bits per heavy atom. The molecule has 3 aromatic rings. The zero-order chi connectivity index (χ0) is 14.2. The highest BCUT2D eigenvalue weighted by atomic mass is 32.2. The van der Waals surface area contributed by atoms with Crippen molar-refractivity contribution in [3.05, 3.63) is 35.8 Å². The van der Waals surface area contributed by atoms with Crippen molar-refractivity contribution < 1.29 is 12.9 Å². The predicted octanol–water partition coefficient (Wildman–Crippen LogP) is 1.51. The lowest BCUT2D eigenvalue weighted by molar-refractivity contribution is 0.432. The standard InChI is InChI=1S/C11H8N4O3S2/c12-20(16,17)9-6-7(3-4-13-9)11-14-10(15-18-11)8-2-1-5-19-8/h1-6H,(H2,12,16,17). The third-order valence-electron chi connectivity index (χ3n) is 2.44. The average molecular weight is 308 g/mol. The number of hydrogen-bond acceptors (Lipinski definition) is 7. The zero-order valence-electron chi connectivity index (χ0n) is 9.92. The van der Waals surface area contributed by atoms with Gasteiger partial charge in [0.15, 0.2) is 5.03 Å². The fourth-order valence-corrected chi connectivity index (χ4v) is 2.69. The summed E-state index contributed by atoms with van der Waals surface area (Å²) in [5.41, 5.74) is 0.444.